The van der Waals surface area contributed by atoms with Gasteiger partial charge < -0.3 is 15.2 Å². The van der Waals surface area contributed by atoms with Gasteiger partial charge in [0, 0.05) is 15.8 Å². The molecule has 1 unspecified atom stereocenters. The van der Waals surface area contributed by atoms with Crippen molar-refractivity contribution in [3.05, 3.63) is 27.3 Å². The van der Waals surface area contributed by atoms with Gasteiger partial charge in [-0.25, -0.2) is 0 Å². The Bertz CT molecular complexity index is 409. The van der Waals surface area contributed by atoms with Crippen LogP contribution < -0.4 is 5.32 Å². The van der Waals surface area contributed by atoms with E-state index in [4.69, 9.17) is 4.74 Å². The van der Waals surface area contributed by atoms with Crippen LogP contribution in [0.15, 0.2) is 18.2 Å². The number of rotatable bonds is 6. The van der Waals surface area contributed by atoms with Crippen molar-refractivity contribution in [3.8, 4) is 0 Å². The third-order valence-electron chi connectivity index (χ3n) is 2.50. The first-order valence-corrected chi connectivity index (χ1v) is 6.95. The van der Waals surface area contributed by atoms with Crippen LogP contribution in [0.2, 0.25) is 0 Å². The predicted molar refractivity (Wildman–Crippen MR) is 79.6 cm³/mol. The van der Waals surface area contributed by atoms with Crippen molar-refractivity contribution >= 4 is 34.2 Å². The molecule has 0 saturated carbocycles. The largest absolute Gasteiger partial charge is 0.466 e. The Hall–Kier alpha value is -0.820. The van der Waals surface area contributed by atoms with Crippen LogP contribution in [-0.2, 0) is 9.53 Å². The Balaban J connectivity index is 2.45. The second-order valence-corrected chi connectivity index (χ2v) is 5.12. The fourth-order valence-corrected chi connectivity index (χ4v) is 2.01. The van der Waals surface area contributed by atoms with Crippen molar-refractivity contribution in [2.45, 2.75) is 26.4 Å². The molecule has 2 N–H and O–H groups in total. The van der Waals surface area contributed by atoms with E-state index in [1.807, 2.05) is 25.1 Å². The highest BCUT2D eigenvalue weighted by molar-refractivity contribution is 14.1. The minimum Gasteiger partial charge on any atom is -0.466 e. The molecule has 0 aromatic heterocycles. The number of ether oxygens (including phenoxy) is 1. The van der Waals surface area contributed by atoms with Gasteiger partial charge in [-0.2, -0.15) is 0 Å². The summed E-state index contributed by atoms with van der Waals surface area (Å²) in [5.74, 6) is -0.369. The lowest BCUT2D eigenvalue weighted by Gasteiger charge is -2.14. The molecule has 0 spiro atoms. The maximum absolute atomic E-state index is 11.2. The molecule has 0 aliphatic rings. The van der Waals surface area contributed by atoms with Gasteiger partial charge in [-0.15, -0.1) is 0 Å². The molecular weight excluding hydrogens is 345 g/mol. The van der Waals surface area contributed by atoms with Gasteiger partial charge in [-0.3, -0.25) is 4.79 Å². The zero-order valence-electron chi connectivity index (χ0n) is 10.6. The number of carbonyl (C=O) groups is 1. The summed E-state index contributed by atoms with van der Waals surface area (Å²) in [4.78, 5) is 11.2. The summed E-state index contributed by atoms with van der Waals surface area (Å²) in [5, 5.41) is 12.8. The highest BCUT2D eigenvalue weighted by Crippen LogP contribution is 2.20. The lowest BCUT2D eigenvalue weighted by atomic mass is 10.2. The monoisotopic (exact) mass is 363 g/mol. The SMILES string of the molecule is CCOC(=O)CC(O)CNc1cccc(I)c1C. The normalized spacial score (nSPS) is 12.0. The van der Waals surface area contributed by atoms with Crippen molar-refractivity contribution in [1.29, 1.82) is 0 Å². The molecule has 0 radical (unpaired) electrons. The minimum atomic E-state index is -0.735. The number of carbonyl (C=O) groups excluding carboxylic acids is 1. The van der Waals surface area contributed by atoms with E-state index in [0.29, 0.717) is 13.2 Å². The first-order valence-electron chi connectivity index (χ1n) is 5.87. The number of hydrogen-bond acceptors (Lipinski definition) is 4. The molecule has 0 heterocycles. The summed E-state index contributed by atoms with van der Waals surface area (Å²) in [6, 6.07) is 5.93. The van der Waals surface area contributed by atoms with E-state index in [1.54, 1.807) is 6.92 Å². The standard InChI is InChI=1S/C13H18INO3/c1-3-18-13(17)7-10(16)8-15-12-6-4-5-11(14)9(12)2/h4-6,10,15-16H,3,7-8H2,1-2H3. The minimum absolute atomic E-state index is 0.0177. The molecular formula is C13H18INO3. The quantitative estimate of drug-likeness (QED) is 0.602. The van der Waals surface area contributed by atoms with Gasteiger partial charge in [0.25, 0.3) is 0 Å². The Morgan fingerprint density at radius 2 is 2.28 bits per heavy atom. The van der Waals surface area contributed by atoms with Crippen LogP contribution in [0, 0.1) is 10.5 Å². The summed E-state index contributed by atoms with van der Waals surface area (Å²) in [6.07, 6.45) is -0.717. The van der Waals surface area contributed by atoms with Gasteiger partial charge in [-0.05, 0) is 54.1 Å². The van der Waals surface area contributed by atoms with E-state index in [9.17, 15) is 9.90 Å². The molecule has 5 heteroatoms. The lowest BCUT2D eigenvalue weighted by Crippen LogP contribution is -2.24. The van der Waals surface area contributed by atoms with Crippen LogP contribution in [-0.4, -0.2) is 30.3 Å². The van der Waals surface area contributed by atoms with E-state index >= 15 is 0 Å². The van der Waals surface area contributed by atoms with Crippen molar-refractivity contribution in [2.75, 3.05) is 18.5 Å². The molecule has 0 aliphatic carbocycles. The topological polar surface area (TPSA) is 58.6 Å². The molecule has 1 rings (SSSR count). The molecule has 100 valence electrons. The summed E-state index contributed by atoms with van der Waals surface area (Å²) in [7, 11) is 0. The third-order valence-corrected chi connectivity index (χ3v) is 3.67. The number of halogens is 1. The molecule has 0 fully saturated rings. The first-order chi connectivity index (χ1) is 8.54. The summed E-state index contributed by atoms with van der Waals surface area (Å²) in [6.45, 7) is 4.44. The molecule has 0 aliphatic heterocycles. The molecule has 1 aromatic carbocycles. The maximum Gasteiger partial charge on any atom is 0.308 e. The van der Waals surface area contributed by atoms with Gasteiger partial charge in [0.05, 0.1) is 19.1 Å². The van der Waals surface area contributed by atoms with E-state index < -0.39 is 6.10 Å². The smallest absolute Gasteiger partial charge is 0.308 e. The Morgan fingerprint density at radius 3 is 2.94 bits per heavy atom. The van der Waals surface area contributed by atoms with Crippen molar-refractivity contribution in [2.24, 2.45) is 0 Å². The van der Waals surface area contributed by atoms with Gasteiger partial charge in [0.2, 0.25) is 0 Å². The number of anilines is 1. The van der Waals surface area contributed by atoms with E-state index in [2.05, 4.69) is 27.9 Å². The third kappa shape index (κ3) is 4.81. The van der Waals surface area contributed by atoms with Crippen molar-refractivity contribution in [3.63, 3.8) is 0 Å². The van der Waals surface area contributed by atoms with Crippen molar-refractivity contribution < 1.29 is 14.6 Å². The van der Waals surface area contributed by atoms with Crippen LogP contribution >= 0.6 is 22.6 Å². The number of esters is 1. The summed E-state index contributed by atoms with van der Waals surface area (Å²) in [5.41, 5.74) is 2.12. The maximum atomic E-state index is 11.2. The average Bonchev–Trinajstić information content (AvgIpc) is 2.31. The summed E-state index contributed by atoms with van der Waals surface area (Å²) < 4.78 is 5.94. The van der Waals surface area contributed by atoms with Crippen LogP contribution in [0.25, 0.3) is 0 Å². The Kier molecular flexibility index (Phi) is 6.42. The van der Waals surface area contributed by atoms with Crippen molar-refractivity contribution in [1.82, 2.24) is 0 Å². The van der Waals surface area contributed by atoms with Crippen LogP contribution in [0.4, 0.5) is 5.69 Å². The fraction of sp³-hybridized carbons (Fsp3) is 0.462. The zero-order chi connectivity index (χ0) is 13.5. The first kappa shape index (κ1) is 15.2. The van der Waals surface area contributed by atoms with Crippen LogP contribution in [0.1, 0.15) is 18.9 Å². The van der Waals surface area contributed by atoms with Gasteiger partial charge in [0.15, 0.2) is 0 Å². The highest BCUT2D eigenvalue weighted by atomic mass is 127. The van der Waals surface area contributed by atoms with E-state index in [-0.39, 0.29) is 12.4 Å². The number of aliphatic hydroxyl groups is 1. The van der Waals surface area contributed by atoms with Crippen LogP contribution in [0.5, 0.6) is 0 Å². The number of aliphatic hydroxyl groups excluding tert-OH is 1. The van der Waals surface area contributed by atoms with E-state index in [0.717, 1.165) is 14.8 Å². The molecule has 0 amide bonds. The predicted octanol–water partition coefficient (Wildman–Crippen LogP) is 2.33. The zero-order valence-corrected chi connectivity index (χ0v) is 12.7. The fourth-order valence-electron chi connectivity index (χ4n) is 1.51. The molecule has 0 saturated heterocycles. The second-order valence-electron chi connectivity index (χ2n) is 3.96. The molecule has 18 heavy (non-hydrogen) atoms. The second kappa shape index (κ2) is 7.58. The number of nitrogens with one attached hydrogen (secondary N) is 1. The van der Waals surface area contributed by atoms with E-state index in [1.165, 1.54) is 0 Å². The van der Waals surface area contributed by atoms with Gasteiger partial charge in [0.1, 0.15) is 0 Å². The number of benzene rings is 1. The highest BCUT2D eigenvalue weighted by Gasteiger charge is 2.12. The van der Waals surface area contributed by atoms with Gasteiger partial charge in [-0.1, -0.05) is 6.07 Å². The summed E-state index contributed by atoms with van der Waals surface area (Å²) >= 11 is 2.26. The molecule has 1 aromatic rings. The van der Waals surface area contributed by atoms with Crippen LogP contribution in [0.3, 0.4) is 0 Å². The average molecular weight is 363 g/mol. The number of hydrogen-bond donors (Lipinski definition) is 2. The Morgan fingerprint density at radius 1 is 1.56 bits per heavy atom. The molecule has 4 nitrogen and oxygen atoms in total. The molecule has 0 bridgehead atoms. The van der Waals surface area contributed by atoms with Gasteiger partial charge >= 0.3 is 5.97 Å². The lowest BCUT2D eigenvalue weighted by molar-refractivity contribution is -0.145. The Labute approximate surface area is 121 Å². The molecule has 1 atom stereocenters.